The first kappa shape index (κ1) is 15.9. The van der Waals surface area contributed by atoms with Crippen molar-refractivity contribution in [2.75, 3.05) is 5.32 Å². The second-order valence-electron chi connectivity index (χ2n) is 5.88. The van der Waals surface area contributed by atoms with Gasteiger partial charge < -0.3 is 5.32 Å². The molecule has 9 heteroatoms. The molecule has 130 valence electrons. The Bertz CT molecular complexity index is 1100. The maximum absolute atomic E-state index is 12.4. The molecule has 0 atom stereocenters. The van der Waals surface area contributed by atoms with Crippen LogP contribution in [0.25, 0.3) is 16.9 Å². The monoisotopic (exact) mass is 348 g/mol. The third-order valence-corrected chi connectivity index (χ3v) is 3.86. The highest BCUT2D eigenvalue weighted by atomic mass is 16.2. The van der Waals surface area contributed by atoms with Gasteiger partial charge in [-0.3, -0.25) is 4.79 Å². The molecule has 0 saturated carbocycles. The van der Waals surface area contributed by atoms with E-state index in [0.29, 0.717) is 11.6 Å². The van der Waals surface area contributed by atoms with Gasteiger partial charge in [-0.2, -0.15) is 5.10 Å². The van der Waals surface area contributed by atoms with Crippen LogP contribution in [0.1, 0.15) is 11.4 Å². The number of aromatic nitrogens is 7. The molecule has 0 spiro atoms. The number of nitrogens with zero attached hydrogens (tertiary/aromatic N) is 7. The number of hydrogen-bond donors (Lipinski definition) is 1. The molecule has 0 aliphatic rings. The van der Waals surface area contributed by atoms with Gasteiger partial charge in [0.05, 0.1) is 11.2 Å². The number of nitrogens with one attached hydrogen (secondary N) is 1. The predicted molar refractivity (Wildman–Crippen MR) is 94.8 cm³/mol. The lowest BCUT2D eigenvalue weighted by Gasteiger charge is -2.07. The molecule has 9 nitrogen and oxygen atoms in total. The normalized spacial score (nSPS) is 11.0. The number of rotatable bonds is 4. The highest BCUT2D eigenvalue weighted by Crippen LogP contribution is 2.13. The summed E-state index contributed by atoms with van der Waals surface area (Å²) in [5.74, 6) is 0.739. The second kappa shape index (κ2) is 6.36. The van der Waals surface area contributed by atoms with Crippen LogP contribution in [0.2, 0.25) is 0 Å². The lowest BCUT2D eigenvalue weighted by molar-refractivity contribution is -0.116. The first-order valence-corrected chi connectivity index (χ1v) is 8.04. The summed E-state index contributed by atoms with van der Waals surface area (Å²) in [6.07, 6.45) is 1.40. The van der Waals surface area contributed by atoms with Gasteiger partial charge in [-0.25, -0.2) is 19.3 Å². The topological polar surface area (TPSA) is 103 Å². The summed E-state index contributed by atoms with van der Waals surface area (Å²) in [7, 11) is 0. The SMILES string of the molecule is Cc1cc(C)n(-c2cc(NC(=O)Cn3nnc4ccccc43)ncn2)n1. The average Bonchev–Trinajstić information content (AvgIpc) is 3.18. The first-order chi connectivity index (χ1) is 12.6. The van der Waals surface area contributed by atoms with Crippen LogP contribution in [0, 0.1) is 13.8 Å². The molecule has 0 unspecified atom stereocenters. The molecule has 1 amide bonds. The van der Waals surface area contributed by atoms with Crippen molar-refractivity contribution in [2.24, 2.45) is 0 Å². The maximum Gasteiger partial charge on any atom is 0.247 e. The van der Waals surface area contributed by atoms with E-state index >= 15 is 0 Å². The summed E-state index contributed by atoms with van der Waals surface area (Å²) >= 11 is 0. The van der Waals surface area contributed by atoms with E-state index in [2.05, 4.69) is 30.7 Å². The van der Waals surface area contributed by atoms with Crippen LogP contribution in [0.4, 0.5) is 5.82 Å². The summed E-state index contributed by atoms with van der Waals surface area (Å²) < 4.78 is 3.26. The lowest BCUT2D eigenvalue weighted by Crippen LogP contribution is -2.20. The van der Waals surface area contributed by atoms with Crippen molar-refractivity contribution in [2.45, 2.75) is 20.4 Å². The fourth-order valence-corrected chi connectivity index (χ4v) is 2.74. The molecule has 0 bridgehead atoms. The Labute approximate surface area is 148 Å². The van der Waals surface area contributed by atoms with Gasteiger partial charge in [0, 0.05) is 11.8 Å². The molecule has 0 aliphatic heterocycles. The van der Waals surface area contributed by atoms with Crippen LogP contribution in [0.3, 0.4) is 0 Å². The molecule has 0 fully saturated rings. The number of anilines is 1. The number of amides is 1. The van der Waals surface area contributed by atoms with Crippen molar-refractivity contribution in [3.63, 3.8) is 0 Å². The number of fused-ring (bicyclic) bond motifs is 1. The van der Waals surface area contributed by atoms with Crippen LogP contribution in [0.15, 0.2) is 42.7 Å². The molecular weight excluding hydrogens is 332 g/mol. The number of benzene rings is 1. The van der Waals surface area contributed by atoms with Crippen molar-refractivity contribution >= 4 is 22.8 Å². The molecule has 0 aliphatic carbocycles. The summed E-state index contributed by atoms with van der Waals surface area (Å²) in [5.41, 5.74) is 3.39. The van der Waals surface area contributed by atoms with Gasteiger partial charge in [-0.05, 0) is 32.0 Å². The molecule has 3 heterocycles. The smallest absolute Gasteiger partial charge is 0.247 e. The van der Waals surface area contributed by atoms with E-state index in [0.717, 1.165) is 22.4 Å². The van der Waals surface area contributed by atoms with Crippen LogP contribution in [0.5, 0.6) is 0 Å². The Morgan fingerprint density at radius 2 is 2.00 bits per heavy atom. The lowest BCUT2D eigenvalue weighted by atomic mass is 10.3. The van der Waals surface area contributed by atoms with E-state index in [4.69, 9.17) is 0 Å². The minimum absolute atomic E-state index is 0.0414. The first-order valence-electron chi connectivity index (χ1n) is 8.04. The van der Waals surface area contributed by atoms with E-state index in [1.165, 1.54) is 6.33 Å². The van der Waals surface area contributed by atoms with Crippen LogP contribution in [-0.4, -0.2) is 40.6 Å². The minimum Gasteiger partial charge on any atom is -0.309 e. The standard InChI is InChI=1S/C17H16N8O/c1-11-7-12(2)25(22-11)16-8-15(18-10-19-16)20-17(26)9-24-14-6-4-3-5-13(14)21-23-24/h3-8,10H,9H2,1-2H3,(H,18,19,20,26). The van der Waals surface area contributed by atoms with E-state index in [1.54, 1.807) is 15.4 Å². The van der Waals surface area contributed by atoms with Crippen molar-refractivity contribution in [1.29, 1.82) is 0 Å². The summed E-state index contributed by atoms with van der Waals surface area (Å²) in [6.45, 7) is 3.89. The second-order valence-corrected chi connectivity index (χ2v) is 5.88. The van der Waals surface area contributed by atoms with Gasteiger partial charge in [0.15, 0.2) is 5.82 Å². The van der Waals surface area contributed by atoms with E-state index in [1.807, 2.05) is 44.2 Å². The fraction of sp³-hybridized carbons (Fsp3) is 0.176. The zero-order valence-electron chi connectivity index (χ0n) is 14.3. The van der Waals surface area contributed by atoms with Crippen LogP contribution >= 0.6 is 0 Å². The molecule has 1 aromatic carbocycles. The average molecular weight is 348 g/mol. The van der Waals surface area contributed by atoms with Gasteiger partial charge in [0.2, 0.25) is 5.91 Å². The summed E-state index contributed by atoms with van der Waals surface area (Å²) in [4.78, 5) is 20.7. The van der Waals surface area contributed by atoms with Crippen molar-refractivity contribution in [1.82, 2.24) is 34.7 Å². The largest absolute Gasteiger partial charge is 0.309 e. The quantitative estimate of drug-likeness (QED) is 0.601. The third-order valence-electron chi connectivity index (χ3n) is 3.86. The van der Waals surface area contributed by atoms with Gasteiger partial charge in [0.1, 0.15) is 24.2 Å². The molecular formula is C17H16N8O. The van der Waals surface area contributed by atoms with Crippen molar-refractivity contribution in [3.8, 4) is 5.82 Å². The zero-order valence-corrected chi connectivity index (χ0v) is 14.3. The fourth-order valence-electron chi connectivity index (χ4n) is 2.74. The highest BCUT2D eigenvalue weighted by Gasteiger charge is 2.11. The van der Waals surface area contributed by atoms with Gasteiger partial charge >= 0.3 is 0 Å². The molecule has 0 radical (unpaired) electrons. The highest BCUT2D eigenvalue weighted by molar-refractivity contribution is 5.90. The molecule has 3 aromatic heterocycles. The molecule has 26 heavy (non-hydrogen) atoms. The molecule has 4 aromatic rings. The van der Waals surface area contributed by atoms with Crippen LogP contribution in [-0.2, 0) is 11.3 Å². The van der Waals surface area contributed by atoms with E-state index in [-0.39, 0.29) is 12.5 Å². The number of para-hydroxylation sites is 1. The third kappa shape index (κ3) is 3.02. The number of hydrogen-bond acceptors (Lipinski definition) is 6. The molecule has 4 rings (SSSR count). The predicted octanol–water partition coefficient (Wildman–Crippen LogP) is 1.66. The van der Waals surface area contributed by atoms with Gasteiger partial charge in [-0.15, -0.1) is 5.10 Å². The van der Waals surface area contributed by atoms with Gasteiger partial charge in [-0.1, -0.05) is 17.3 Å². The molecule has 0 saturated heterocycles. The summed E-state index contributed by atoms with van der Waals surface area (Å²) in [6, 6.07) is 11.1. The number of carbonyl (C=O) groups is 1. The Morgan fingerprint density at radius 1 is 1.15 bits per heavy atom. The minimum atomic E-state index is -0.251. The van der Waals surface area contributed by atoms with Crippen molar-refractivity contribution in [3.05, 3.63) is 54.1 Å². The van der Waals surface area contributed by atoms with Crippen molar-refractivity contribution < 1.29 is 4.79 Å². The maximum atomic E-state index is 12.4. The van der Waals surface area contributed by atoms with E-state index < -0.39 is 0 Å². The van der Waals surface area contributed by atoms with Crippen LogP contribution < -0.4 is 5.32 Å². The zero-order chi connectivity index (χ0) is 18.1. The van der Waals surface area contributed by atoms with E-state index in [9.17, 15) is 4.79 Å². The molecule has 1 N–H and O–H groups in total. The Kier molecular flexibility index (Phi) is 3.88. The number of carbonyl (C=O) groups excluding carboxylic acids is 1. The summed E-state index contributed by atoms with van der Waals surface area (Å²) in [5, 5.41) is 15.2. The van der Waals surface area contributed by atoms with Gasteiger partial charge in [0.25, 0.3) is 0 Å². The Morgan fingerprint density at radius 3 is 2.81 bits per heavy atom. The number of aryl methyl sites for hydroxylation is 2. The Balaban J connectivity index is 1.53. The Hall–Kier alpha value is -3.62.